The Kier molecular flexibility index (Phi) is 9.81. The molecule has 3 rings (SSSR count). The van der Waals surface area contributed by atoms with Gasteiger partial charge in [0.2, 0.25) is 5.91 Å². The molecular formula is C26H34Cl2N2O2S. The van der Waals surface area contributed by atoms with Crippen LogP contribution in [0.5, 0.6) is 0 Å². The third kappa shape index (κ3) is 7.05. The highest BCUT2D eigenvalue weighted by molar-refractivity contribution is 7.07. The zero-order valence-corrected chi connectivity index (χ0v) is 22.1. The summed E-state index contributed by atoms with van der Waals surface area (Å²) >= 11 is 14.0. The predicted molar refractivity (Wildman–Crippen MR) is 139 cm³/mol. The van der Waals surface area contributed by atoms with Crippen molar-refractivity contribution in [2.24, 2.45) is 0 Å². The van der Waals surface area contributed by atoms with Gasteiger partial charge in [0, 0.05) is 55.1 Å². The highest BCUT2D eigenvalue weighted by Crippen LogP contribution is 2.27. The zero-order chi connectivity index (χ0) is 24.0. The van der Waals surface area contributed by atoms with Gasteiger partial charge in [-0.1, -0.05) is 30.1 Å². The number of benzene rings is 1. The molecule has 0 saturated carbocycles. The van der Waals surface area contributed by atoms with Crippen molar-refractivity contribution >= 4 is 46.2 Å². The molecule has 1 aliphatic rings. The lowest BCUT2D eigenvalue weighted by Crippen LogP contribution is -2.48. The first kappa shape index (κ1) is 26.2. The van der Waals surface area contributed by atoms with Crippen LogP contribution in [0.1, 0.15) is 73.9 Å². The minimum atomic E-state index is 0.0854. The molecule has 0 N–H and O–H groups in total. The van der Waals surface area contributed by atoms with Gasteiger partial charge in [-0.25, -0.2) is 0 Å². The van der Waals surface area contributed by atoms with Crippen molar-refractivity contribution in [3.05, 3.63) is 55.7 Å². The number of hydrogen-bond donors (Lipinski definition) is 0. The summed E-state index contributed by atoms with van der Waals surface area (Å²) in [5.41, 5.74) is 2.65. The lowest BCUT2D eigenvalue weighted by Gasteiger charge is -2.40. The number of carbonyl (C=O) groups is 2. The predicted octanol–water partition coefficient (Wildman–Crippen LogP) is 7.01. The molecule has 0 radical (unpaired) electrons. The average Bonchev–Trinajstić information content (AvgIpc) is 3.29. The van der Waals surface area contributed by atoms with Gasteiger partial charge >= 0.3 is 0 Å². The molecule has 4 nitrogen and oxygen atoms in total. The number of rotatable bonds is 10. The van der Waals surface area contributed by atoms with Gasteiger partial charge in [-0.2, -0.15) is 11.3 Å². The van der Waals surface area contributed by atoms with Crippen molar-refractivity contribution in [3.8, 4) is 0 Å². The molecule has 0 aliphatic carbocycles. The third-order valence-corrected chi connectivity index (χ3v) is 7.92. The molecule has 7 heteroatoms. The third-order valence-electron chi connectivity index (χ3n) is 6.68. The van der Waals surface area contributed by atoms with Gasteiger partial charge in [0.15, 0.2) is 5.78 Å². The van der Waals surface area contributed by atoms with E-state index in [0.29, 0.717) is 47.1 Å². The van der Waals surface area contributed by atoms with Gasteiger partial charge in [-0.3, -0.25) is 9.59 Å². The zero-order valence-electron chi connectivity index (χ0n) is 19.8. The summed E-state index contributed by atoms with van der Waals surface area (Å²) < 4.78 is 0. The number of halogens is 2. The standard InChI is InChI=1S/C26H34Cl2N2O2S/c1-4-25(32)30(16-20-10-13-33-17-20)22-8-11-29(12-9-22)19(3)6-5-7-24(31)26-18(2)14-21(27)15-23(26)28/h10,13-15,17,19,22H,4-9,11-12,16H2,1-3H3/t19-/m1/s1. The lowest BCUT2D eigenvalue weighted by atomic mass is 9.97. The van der Waals surface area contributed by atoms with Gasteiger partial charge in [0.05, 0.1) is 5.02 Å². The molecule has 1 fully saturated rings. The maximum Gasteiger partial charge on any atom is 0.222 e. The Labute approximate surface area is 211 Å². The van der Waals surface area contributed by atoms with E-state index in [9.17, 15) is 9.59 Å². The highest BCUT2D eigenvalue weighted by Gasteiger charge is 2.29. The summed E-state index contributed by atoms with van der Waals surface area (Å²) in [5.74, 6) is 0.324. The number of likely N-dealkylation sites (tertiary alicyclic amines) is 1. The van der Waals surface area contributed by atoms with E-state index < -0.39 is 0 Å². The van der Waals surface area contributed by atoms with Crippen molar-refractivity contribution in [1.82, 2.24) is 9.80 Å². The number of amides is 1. The number of thiophene rings is 1. The van der Waals surface area contributed by atoms with Crippen molar-refractivity contribution in [3.63, 3.8) is 0 Å². The van der Waals surface area contributed by atoms with Gasteiger partial charge in [-0.05, 0) is 79.6 Å². The summed E-state index contributed by atoms with van der Waals surface area (Å²) in [6, 6.07) is 6.25. The summed E-state index contributed by atoms with van der Waals surface area (Å²) in [5, 5.41) is 5.20. The van der Waals surface area contributed by atoms with Crippen LogP contribution in [0.4, 0.5) is 0 Å². The molecule has 1 aromatic carbocycles. The Morgan fingerprint density at radius 1 is 1.24 bits per heavy atom. The number of Topliss-reactive ketones (excluding diaryl/α,β-unsaturated/α-hetero) is 1. The molecule has 2 aromatic rings. The van der Waals surface area contributed by atoms with Crippen LogP contribution < -0.4 is 0 Å². The molecule has 1 atom stereocenters. The largest absolute Gasteiger partial charge is 0.335 e. The topological polar surface area (TPSA) is 40.6 Å². The second kappa shape index (κ2) is 12.3. The molecule has 33 heavy (non-hydrogen) atoms. The molecule has 180 valence electrons. The van der Waals surface area contributed by atoms with Crippen LogP contribution in [-0.4, -0.2) is 46.7 Å². The van der Waals surface area contributed by atoms with Crippen LogP contribution >= 0.6 is 34.5 Å². The molecule has 1 amide bonds. The number of nitrogens with zero attached hydrogens (tertiary/aromatic N) is 2. The maximum absolute atomic E-state index is 12.7. The number of carbonyl (C=O) groups excluding carboxylic acids is 2. The normalized spacial score (nSPS) is 16.0. The van der Waals surface area contributed by atoms with E-state index in [1.54, 1.807) is 23.5 Å². The van der Waals surface area contributed by atoms with Crippen molar-refractivity contribution < 1.29 is 9.59 Å². The smallest absolute Gasteiger partial charge is 0.222 e. The van der Waals surface area contributed by atoms with Gasteiger partial charge in [0.25, 0.3) is 0 Å². The summed E-state index contributed by atoms with van der Waals surface area (Å²) in [4.78, 5) is 29.9. The van der Waals surface area contributed by atoms with Gasteiger partial charge in [0.1, 0.15) is 0 Å². The Morgan fingerprint density at radius 3 is 2.58 bits per heavy atom. The van der Waals surface area contributed by atoms with Gasteiger partial charge in [-0.15, -0.1) is 0 Å². The average molecular weight is 510 g/mol. The first-order valence-corrected chi connectivity index (χ1v) is 13.5. The molecule has 1 saturated heterocycles. The quantitative estimate of drug-likeness (QED) is 0.324. The fraction of sp³-hybridized carbons (Fsp3) is 0.538. The van der Waals surface area contributed by atoms with E-state index in [2.05, 4.69) is 33.6 Å². The second-order valence-corrected chi connectivity index (χ2v) is 10.6. The number of ketones is 1. The van der Waals surface area contributed by atoms with E-state index in [-0.39, 0.29) is 11.7 Å². The summed E-state index contributed by atoms with van der Waals surface area (Å²) in [7, 11) is 0. The fourth-order valence-corrected chi connectivity index (χ4v) is 6.12. The Balaban J connectivity index is 1.47. The minimum absolute atomic E-state index is 0.0854. The summed E-state index contributed by atoms with van der Waals surface area (Å²) in [6.07, 6.45) is 4.83. The van der Waals surface area contributed by atoms with E-state index in [0.717, 1.165) is 44.3 Å². The van der Waals surface area contributed by atoms with Crippen molar-refractivity contribution in [2.45, 2.75) is 77.9 Å². The Morgan fingerprint density at radius 2 is 1.97 bits per heavy atom. The Hall–Kier alpha value is -1.40. The molecular weight excluding hydrogens is 475 g/mol. The summed E-state index contributed by atoms with van der Waals surface area (Å²) in [6.45, 7) is 8.75. The van der Waals surface area contributed by atoms with E-state index in [4.69, 9.17) is 23.2 Å². The van der Waals surface area contributed by atoms with Crippen molar-refractivity contribution in [1.29, 1.82) is 0 Å². The Bertz CT molecular complexity index is 917. The number of hydrogen-bond acceptors (Lipinski definition) is 4. The number of piperidine rings is 1. The first-order valence-electron chi connectivity index (χ1n) is 11.8. The van der Waals surface area contributed by atoms with E-state index in [1.165, 1.54) is 5.56 Å². The molecule has 1 aromatic heterocycles. The van der Waals surface area contributed by atoms with Crippen LogP contribution in [0.25, 0.3) is 0 Å². The molecule has 0 spiro atoms. The SMILES string of the molecule is CCC(=O)N(Cc1ccsc1)C1CCN([C@H](C)CCCC(=O)c2c(C)cc(Cl)cc2Cl)CC1. The van der Waals surface area contributed by atoms with E-state index >= 15 is 0 Å². The fourth-order valence-electron chi connectivity index (χ4n) is 4.76. The van der Waals surface area contributed by atoms with Crippen LogP contribution in [0.3, 0.4) is 0 Å². The maximum atomic E-state index is 12.7. The number of aryl methyl sites for hydroxylation is 1. The molecule has 0 bridgehead atoms. The van der Waals surface area contributed by atoms with Crippen LogP contribution in [-0.2, 0) is 11.3 Å². The van der Waals surface area contributed by atoms with Crippen LogP contribution in [0.2, 0.25) is 10.0 Å². The minimum Gasteiger partial charge on any atom is -0.335 e. The molecule has 2 heterocycles. The molecule has 0 unspecified atom stereocenters. The first-order chi connectivity index (χ1) is 15.8. The monoisotopic (exact) mass is 508 g/mol. The second-order valence-electron chi connectivity index (χ2n) is 9.02. The van der Waals surface area contributed by atoms with Crippen LogP contribution in [0.15, 0.2) is 29.0 Å². The van der Waals surface area contributed by atoms with Gasteiger partial charge < -0.3 is 9.80 Å². The van der Waals surface area contributed by atoms with Crippen molar-refractivity contribution in [2.75, 3.05) is 13.1 Å². The highest BCUT2D eigenvalue weighted by atomic mass is 35.5. The van der Waals surface area contributed by atoms with Crippen LogP contribution in [0, 0.1) is 6.92 Å². The lowest BCUT2D eigenvalue weighted by molar-refractivity contribution is -0.135. The van der Waals surface area contributed by atoms with E-state index in [1.807, 2.05) is 13.8 Å². The molecule has 1 aliphatic heterocycles.